The number of rotatable bonds is 5. The van der Waals surface area contributed by atoms with Crippen LogP contribution < -0.4 is 10.8 Å². The van der Waals surface area contributed by atoms with Crippen LogP contribution in [-0.2, 0) is 6.42 Å². The summed E-state index contributed by atoms with van der Waals surface area (Å²) in [6.07, 6.45) is 0.392. The van der Waals surface area contributed by atoms with Gasteiger partial charge in [0.1, 0.15) is 5.76 Å². The number of nitrogens with zero attached hydrogens (tertiary/aromatic N) is 1. The quantitative estimate of drug-likeness (QED) is 0.564. The summed E-state index contributed by atoms with van der Waals surface area (Å²) in [6.45, 7) is 2.30. The van der Waals surface area contributed by atoms with Crippen molar-refractivity contribution in [2.75, 3.05) is 6.54 Å². The Morgan fingerprint density at radius 2 is 1.95 bits per heavy atom. The second-order valence-corrected chi connectivity index (χ2v) is 4.49. The fraction of sp³-hybridized carbons (Fsp3) is 0.214. The van der Waals surface area contributed by atoms with E-state index in [1.807, 2.05) is 19.1 Å². The fourth-order valence-corrected chi connectivity index (χ4v) is 1.70. The first-order valence-electron chi connectivity index (χ1n) is 6.35. The molecule has 0 aliphatic rings. The third-order valence-corrected chi connectivity index (χ3v) is 2.86. The summed E-state index contributed by atoms with van der Waals surface area (Å²) in [7, 11) is 0. The van der Waals surface area contributed by atoms with Crippen molar-refractivity contribution in [2.45, 2.75) is 13.3 Å². The highest BCUT2D eigenvalue weighted by Crippen LogP contribution is 2.05. The highest BCUT2D eigenvalue weighted by atomic mass is 16.5. The molecule has 0 saturated heterocycles. The summed E-state index contributed by atoms with van der Waals surface area (Å²) in [5.74, 6) is -0.477. The van der Waals surface area contributed by atoms with Crippen LogP contribution in [0.3, 0.4) is 0 Å². The van der Waals surface area contributed by atoms with Gasteiger partial charge in [0.2, 0.25) is 0 Å². The molecule has 0 aliphatic heterocycles. The van der Waals surface area contributed by atoms with Crippen LogP contribution in [0.1, 0.15) is 32.2 Å². The van der Waals surface area contributed by atoms with Crippen LogP contribution in [0.25, 0.3) is 0 Å². The number of amides is 2. The SMILES string of the molecule is Cc1ccc(C(=O)NCCc2cc(C(=O)NO)no2)cc1. The number of carbonyl (C=O) groups is 2. The Morgan fingerprint density at radius 3 is 2.62 bits per heavy atom. The Hall–Kier alpha value is -2.67. The lowest BCUT2D eigenvalue weighted by molar-refractivity contribution is 0.0696. The molecule has 0 atom stereocenters. The molecule has 0 spiro atoms. The highest BCUT2D eigenvalue weighted by molar-refractivity contribution is 5.94. The zero-order chi connectivity index (χ0) is 15.2. The van der Waals surface area contributed by atoms with Crippen molar-refractivity contribution in [2.24, 2.45) is 0 Å². The maximum Gasteiger partial charge on any atom is 0.296 e. The fourth-order valence-electron chi connectivity index (χ4n) is 1.70. The molecule has 0 bridgehead atoms. The van der Waals surface area contributed by atoms with E-state index in [1.54, 1.807) is 12.1 Å². The van der Waals surface area contributed by atoms with Gasteiger partial charge in [-0.05, 0) is 19.1 Å². The molecule has 0 radical (unpaired) electrons. The van der Waals surface area contributed by atoms with Crippen LogP contribution in [0.5, 0.6) is 0 Å². The van der Waals surface area contributed by atoms with E-state index in [1.165, 1.54) is 11.5 Å². The predicted octanol–water partition coefficient (Wildman–Crippen LogP) is 1.07. The molecule has 0 fully saturated rings. The van der Waals surface area contributed by atoms with Gasteiger partial charge in [-0.25, -0.2) is 5.48 Å². The van der Waals surface area contributed by atoms with Gasteiger partial charge >= 0.3 is 0 Å². The van der Waals surface area contributed by atoms with E-state index in [4.69, 9.17) is 9.73 Å². The zero-order valence-corrected chi connectivity index (χ0v) is 11.4. The monoisotopic (exact) mass is 289 g/mol. The van der Waals surface area contributed by atoms with E-state index in [9.17, 15) is 9.59 Å². The Balaban J connectivity index is 1.84. The predicted molar refractivity (Wildman–Crippen MR) is 73.0 cm³/mol. The Morgan fingerprint density at radius 1 is 1.24 bits per heavy atom. The highest BCUT2D eigenvalue weighted by Gasteiger charge is 2.11. The van der Waals surface area contributed by atoms with Crippen molar-refractivity contribution >= 4 is 11.8 Å². The van der Waals surface area contributed by atoms with E-state index in [0.717, 1.165) is 5.56 Å². The number of hydroxylamine groups is 1. The average Bonchev–Trinajstić information content (AvgIpc) is 2.96. The molecular formula is C14H15N3O4. The van der Waals surface area contributed by atoms with Crippen LogP contribution in [0, 0.1) is 6.92 Å². The van der Waals surface area contributed by atoms with Crippen LogP contribution in [-0.4, -0.2) is 28.7 Å². The van der Waals surface area contributed by atoms with Gasteiger partial charge in [0.15, 0.2) is 5.69 Å². The molecule has 110 valence electrons. The van der Waals surface area contributed by atoms with Gasteiger partial charge in [0.05, 0.1) is 0 Å². The molecule has 2 amide bonds. The van der Waals surface area contributed by atoms with Crippen molar-refractivity contribution in [3.63, 3.8) is 0 Å². The first-order chi connectivity index (χ1) is 10.1. The van der Waals surface area contributed by atoms with Crippen LogP contribution in [0.4, 0.5) is 0 Å². The van der Waals surface area contributed by atoms with E-state index in [2.05, 4.69) is 10.5 Å². The van der Waals surface area contributed by atoms with Gasteiger partial charge in [-0.1, -0.05) is 22.9 Å². The van der Waals surface area contributed by atoms with Gasteiger partial charge in [0.25, 0.3) is 11.8 Å². The lowest BCUT2D eigenvalue weighted by atomic mass is 10.1. The minimum atomic E-state index is -0.742. The summed E-state index contributed by atoms with van der Waals surface area (Å²) in [5, 5.41) is 14.7. The van der Waals surface area contributed by atoms with Crippen molar-refractivity contribution < 1.29 is 19.3 Å². The lowest BCUT2D eigenvalue weighted by Gasteiger charge is -2.03. The van der Waals surface area contributed by atoms with Gasteiger partial charge in [-0.15, -0.1) is 0 Å². The van der Waals surface area contributed by atoms with Crippen molar-refractivity contribution in [3.8, 4) is 0 Å². The molecule has 2 rings (SSSR count). The molecule has 0 saturated carbocycles. The van der Waals surface area contributed by atoms with Crippen molar-refractivity contribution in [1.82, 2.24) is 16.0 Å². The van der Waals surface area contributed by atoms with E-state index in [-0.39, 0.29) is 11.6 Å². The molecule has 1 aromatic heterocycles. The zero-order valence-electron chi connectivity index (χ0n) is 11.4. The number of hydrogen-bond donors (Lipinski definition) is 3. The normalized spacial score (nSPS) is 10.2. The number of aryl methyl sites for hydroxylation is 1. The summed E-state index contributed by atoms with van der Waals surface area (Å²) in [5.41, 5.74) is 3.12. The third kappa shape index (κ3) is 3.90. The lowest BCUT2D eigenvalue weighted by Crippen LogP contribution is -2.25. The molecule has 0 unspecified atom stereocenters. The van der Waals surface area contributed by atoms with Crippen LogP contribution in [0.15, 0.2) is 34.9 Å². The summed E-state index contributed by atoms with van der Waals surface area (Å²) in [6, 6.07) is 8.64. The van der Waals surface area contributed by atoms with Gasteiger partial charge < -0.3 is 9.84 Å². The van der Waals surface area contributed by atoms with E-state index < -0.39 is 5.91 Å². The summed E-state index contributed by atoms with van der Waals surface area (Å²) in [4.78, 5) is 22.9. The number of benzene rings is 1. The number of aromatic nitrogens is 1. The molecule has 2 aromatic rings. The second-order valence-electron chi connectivity index (χ2n) is 4.49. The Kier molecular flexibility index (Phi) is 4.68. The molecule has 1 heterocycles. The van der Waals surface area contributed by atoms with Crippen LogP contribution >= 0.6 is 0 Å². The maximum absolute atomic E-state index is 11.9. The number of hydrogen-bond acceptors (Lipinski definition) is 5. The molecular weight excluding hydrogens is 274 g/mol. The van der Waals surface area contributed by atoms with Crippen molar-refractivity contribution in [3.05, 3.63) is 52.9 Å². The molecule has 1 aromatic carbocycles. The smallest absolute Gasteiger partial charge is 0.296 e. The topological polar surface area (TPSA) is 104 Å². The average molecular weight is 289 g/mol. The number of carbonyl (C=O) groups excluding carboxylic acids is 2. The van der Waals surface area contributed by atoms with Gasteiger partial charge in [-0.3, -0.25) is 14.8 Å². The largest absolute Gasteiger partial charge is 0.361 e. The van der Waals surface area contributed by atoms with Crippen molar-refractivity contribution in [1.29, 1.82) is 0 Å². The molecule has 21 heavy (non-hydrogen) atoms. The second kappa shape index (κ2) is 6.67. The van der Waals surface area contributed by atoms with Gasteiger partial charge in [0, 0.05) is 24.6 Å². The molecule has 7 heteroatoms. The third-order valence-electron chi connectivity index (χ3n) is 2.86. The standard InChI is InChI=1S/C14H15N3O4/c1-9-2-4-10(5-3-9)13(18)15-7-6-11-8-12(17-21-11)14(19)16-20/h2-5,8,20H,6-7H2,1H3,(H,15,18)(H,16,19). The first-order valence-corrected chi connectivity index (χ1v) is 6.35. The summed E-state index contributed by atoms with van der Waals surface area (Å²) >= 11 is 0. The van der Waals surface area contributed by atoms with Crippen LogP contribution in [0.2, 0.25) is 0 Å². The minimum Gasteiger partial charge on any atom is -0.361 e. The molecule has 7 nitrogen and oxygen atoms in total. The minimum absolute atomic E-state index is 0.0163. The Bertz CT molecular complexity index is 634. The molecule has 0 aliphatic carbocycles. The van der Waals surface area contributed by atoms with E-state index in [0.29, 0.717) is 24.3 Å². The van der Waals surface area contributed by atoms with Gasteiger partial charge in [-0.2, -0.15) is 0 Å². The Labute approximate surface area is 120 Å². The summed E-state index contributed by atoms with van der Waals surface area (Å²) < 4.78 is 4.92. The molecule has 3 N–H and O–H groups in total. The maximum atomic E-state index is 11.9. The van der Waals surface area contributed by atoms with E-state index >= 15 is 0 Å². The number of nitrogens with one attached hydrogen (secondary N) is 2. The first kappa shape index (κ1) is 14.7.